The molecular formula is C21H23ClF3N3O7S2. The molecule has 2 aromatic carbocycles. The molecule has 1 heterocycles. The zero-order valence-corrected chi connectivity index (χ0v) is 22.0. The molecule has 0 aliphatic carbocycles. The number of rotatable bonds is 8. The minimum absolute atomic E-state index is 0.0750. The first-order chi connectivity index (χ1) is 17.1. The second kappa shape index (κ2) is 11.0. The molecule has 3 rings (SSSR count). The molecule has 10 nitrogen and oxygen atoms in total. The maximum atomic E-state index is 13.3. The fraction of sp³-hybridized carbons (Fsp3) is 0.381. The molecule has 1 fully saturated rings. The van der Waals surface area contributed by atoms with Crippen molar-refractivity contribution in [3.05, 3.63) is 47.0 Å². The van der Waals surface area contributed by atoms with Crippen LogP contribution in [0.25, 0.3) is 0 Å². The van der Waals surface area contributed by atoms with E-state index in [9.17, 15) is 34.8 Å². The minimum Gasteiger partial charge on any atom is -0.495 e. The van der Waals surface area contributed by atoms with Crippen LogP contribution in [0.5, 0.6) is 5.75 Å². The van der Waals surface area contributed by atoms with Crippen molar-refractivity contribution in [1.82, 2.24) is 4.31 Å². The van der Waals surface area contributed by atoms with Gasteiger partial charge in [-0.15, -0.1) is 0 Å². The Kier molecular flexibility index (Phi) is 8.64. The molecule has 204 valence electrons. The van der Waals surface area contributed by atoms with Crippen LogP contribution in [0, 0.1) is 0 Å². The van der Waals surface area contributed by atoms with Crippen LogP contribution in [-0.4, -0.2) is 73.3 Å². The van der Waals surface area contributed by atoms with Crippen LogP contribution < -0.4 is 14.4 Å². The van der Waals surface area contributed by atoms with E-state index >= 15 is 0 Å². The number of hydrogen-bond donors (Lipinski definition) is 1. The number of anilines is 2. The van der Waals surface area contributed by atoms with Gasteiger partial charge in [0.1, 0.15) is 12.3 Å². The summed E-state index contributed by atoms with van der Waals surface area (Å²) in [4.78, 5) is 12.7. The highest BCUT2D eigenvalue weighted by molar-refractivity contribution is 7.92. The highest BCUT2D eigenvalue weighted by Crippen LogP contribution is 2.37. The molecule has 0 atom stereocenters. The van der Waals surface area contributed by atoms with Crippen LogP contribution >= 0.6 is 11.6 Å². The smallest absolute Gasteiger partial charge is 0.417 e. The summed E-state index contributed by atoms with van der Waals surface area (Å²) in [5, 5.41) is 1.74. The zero-order valence-electron chi connectivity index (χ0n) is 19.6. The van der Waals surface area contributed by atoms with Crippen LogP contribution in [0.1, 0.15) is 5.56 Å². The summed E-state index contributed by atoms with van der Waals surface area (Å²) in [5.74, 6) is -0.890. The average Bonchev–Trinajstić information content (AvgIpc) is 2.82. The monoisotopic (exact) mass is 585 g/mol. The minimum atomic E-state index is -4.86. The van der Waals surface area contributed by atoms with Crippen molar-refractivity contribution in [2.24, 2.45) is 0 Å². The van der Waals surface area contributed by atoms with Gasteiger partial charge in [-0.2, -0.15) is 17.5 Å². The topological polar surface area (TPSA) is 122 Å². The van der Waals surface area contributed by atoms with Gasteiger partial charge in [-0.1, -0.05) is 11.6 Å². The maximum absolute atomic E-state index is 13.3. The molecule has 0 spiro atoms. The van der Waals surface area contributed by atoms with Crippen molar-refractivity contribution in [3.63, 3.8) is 0 Å². The lowest BCUT2D eigenvalue weighted by atomic mass is 10.2. The number of hydrogen-bond acceptors (Lipinski definition) is 7. The van der Waals surface area contributed by atoms with Crippen molar-refractivity contribution in [3.8, 4) is 5.75 Å². The molecule has 16 heteroatoms. The van der Waals surface area contributed by atoms with E-state index in [-0.39, 0.29) is 42.6 Å². The van der Waals surface area contributed by atoms with Gasteiger partial charge < -0.3 is 14.8 Å². The number of amides is 1. The number of carbonyl (C=O) groups is 1. The Balaban J connectivity index is 1.91. The Morgan fingerprint density at radius 1 is 1.14 bits per heavy atom. The molecule has 0 aromatic heterocycles. The lowest BCUT2D eigenvalue weighted by Gasteiger charge is -2.26. The molecular weight excluding hydrogens is 563 g/mol. The van der Waals surface area contributed by atoms with Gasteiger partial charge in [0.05, 0.1) is 53.4 Å². The number of sulfonamides is 2. The predicted octanol–water partition coefficient (Wildman–Crippen LogP) is 2.79. The van der Waals surface area contributed by atoms with Gasteiger partial charge in [-0.3, -0.25) is 9.10 Å². The van der Waals surface area contributed by atoms with E-state index in [4.69, 9.17) is 21.1 Å². The van der Waals surface area contributed by atoms with Gasteiger partial charge in [0.25, 0.3) is 0 Å². The molecule has 37 heavy (non-hydrogen) atoms. The molecule has 0 unspecified atom stereocenters. The predicted molar refractivity (Wildman–Crippen MR) is 130 cm³/mol. The zero-order chi connectivity index (χ0) is 27.6. The molecule has 2 aromatic rings. The summed E-state index contributed by atoms with van der Waals surface area (Å²) in [6.45, 7) is -0.190. The van der Waals surface area contributed by atoms with Gasteiger partial charge in [-0.05, 0) is 36.4 Å². The Morgan fingerprint density at radius 3 is 2.35 bits per heavy atom. The number of ether oxygens (including phenoxy) is 2. The number of alkyl halides is 3. The SMILES string of the molecule is COc1ccc(S(=O)(=O)N2CCOCC2)cc1NC(=O)CN(c1ccc(Cl)c(C(F)(F)F)c1)S(C)(=O)=O. The Labute approximate surface area is 217 Å². The van der Waals surface area contributed by atoms with Gasteiger partial charge in [0.2, 0.25) is 26.0 Å². The first-order valence-corrected chi connectivity index (χ1v) is 14.2. The van der Waals surface area contributed by atoms with E-state index in [2.05, 4.69) is 5.32 Å². The number of halogens is 4. The second-order valence-corrected chi connectivity index (χ2v) is 12.1. The average molecular weight is 586 g/mol. The standard InChI is InChI=1S/C21H23ClF3N3O7S2/c1-34-19-6-4-15(37(32,33)27-7-9-35-10-8-27)12-18(19)26-20(29)13-28(36(2,30)31)14-3-5-17(22)16(11-14)21(23,24)25/h3-6,11-12H,7-10,13H2,1-2H3,(H,26,29). The van der Waals surface area contributed by atoms with Crippen LogP contribution in [0.3, 0.4) is 0 Å². The molecule has 1 aliphatic heterocycles. The maximum Gasteiger partial charge on any atom is 0.417 e. The van der Waals surface area contributed by atoms with Crippen molar-refractivity contribution >= 4 is 48.9 Å². The quantitative estimate of drug-likeness (QED) is 0.505. The third kappa shape index (κ3) is 6.84. The van der Waals surface area contributed by atoms with Crippen molar-refractivity contribution in [1.29, 1.82) is 0 Å². The highest BCUT2D eigenvalue weighted by Gasteiger charge is 2.35. The van der Waals surface area contributed by atoms with Crippen LogP contribution in [-0.2, 0) is 35.8 Å². The third-order valence-corrected chi connectivity index (χ3v) is 8.65. The summed E-state index contributed by atoms with van der Waals surface area (Å²) in [6.07, 6.45) is -4.14. The summed E-state index contributed by atoms with van der Waals surface area (Å²) < 4.78 is 103. The van der Waals surface area contributed by atoms with Gasteiger partial charge in [0.15, 0.2) is 0 Å². The summed E-state index contributed by atoms with van der Waals surface area (Å²) in [7, 11) is -6.89. The number of morpholine rings is 1. The van der Waals surface area contributed by atoms with Crippen molar-refractivity contribution < 1.29 is 44.3 Å². The van der Waals surface area contributed by atoms with E-state index in [1.165, 1.54) is 23.5 Å². The fourth-order valence-electron chi connectivity index (χ4n) is 3.49. The van der Waals surface area contributed by atoms with E-state index in [1.54, 1.807) is 0 Å². The molecule has 1 N–H and O–H groups in total. The first kappa shape index (κ1) is 29.0. The molecule has 0 radical (unpaired) electrons. The Hall–Kier alpha value is -2.59. The lowest BCUT2D eigenvalue weighted by molar-refractivity contribution is -0.137. The van der Waals surface area contributed by atoms with E-state index < -0.39 is 54.9 Å². The van der Waals surface area contributed by atoms with Gasteiger partial charge >= 0.3 is 6.18 Å². The molecule has 1 amide bonds. The number of benzene rings is 2. The second-order valence-electron chi connectivity index (χ2n) is 7.86. The number of carbonyl (C=O) groups excluding carboxylic acids is 1. The van der Waals surface area contributed by atoms with Crippen molar-refractivity contribution in [2.45, 2.75) is 11.1 Å². The molecule has 1 saturated heterocycles. The van der Waals surface area contributed by atoms with E-state index in [0.717, 1.165) is 24.5 Å². The first-order valence-electron chi connectivity index (χ1n) is 10.5. The molecule has 1 aliphatic rings. The van der Waals surface area contributed by atoms with Crippen LogP contribution in [0.2, 0.25) is 5.02 Å². The summed E-state index contributed by atoms with van der Waals surface area (Å²) in [5.41, 5.74) is -1.80. The highest BCUT2D eigenvalue weighted by atomic mass is 35.5. The lowest BCUT2D eigenvalue weighted by Crippen LogP contribution is -2.40. The largest absolute Gasteiger partial charge is 0.495 e. The normalized spacial score (nSPS) is 15.3. The Bertz CT molecular complexity index is 1380. The van der Waals surface area contributed by atoms with Crippen LogP contribution in [0.15, 0.2) is 41.3 Å². The van der Waals surface area contributed by atoms with Crippen LogP contribution in [0.4, 0.5) is 24.5 Å². The summed E-state index contributed by atoms with van der Waals surface area (Å²) >= 11 is 5.61. The molecule has 0 saturated carbocycles. The molecule has 0 bridgehead atoms. The van der Waals surface area contributed by atoms with E-state index in [1.807, 2.05) is 0 Å². The van der Waals surface area contributed by atoms with E-state index in [0.29, 0.717) is 10.4 Å². The van der Waals surface area contributed by atoms with Gasteiger partial charge in [0, 0.05) is 13.1 Å². The number of methoxy groups -OCH3 is 1. The fourth-order valence-corrected chi connectivity index (χ4v) is 5.99. The summed E-state index contributed by atoms with van der Waals surface area (Å²) in [6, 6.07) is 6.17. The Morgan fingerprint density at radius 2 is 1.78 bits per heavy atom. The van der Waals surface area contributed by atoms with Crippen molar-refractivity contribution in [2.75, 3.05) is 55.8 Å². The van der Waals surface area contributed by atoms with Gasteiger partial charge in [-0.25, -0.2) is 16.8 Å². The third-order valence-electron chi connectivity index (χ3n) is 5.28. The number of nitrogens with one attached hydrogen (secondary N) is 1. The number of nitrogens with zero attached hydrogens (tertiary/aromatic N) is 2.